The van der Waals surface area contributed by atoms with Gasteiger partial charge >= 0.3 is 12.2 Å². The van der Waals surface area contributed by atoms with Gasteiger partial charge in [-0.2, -0.15) is 0 Å². The number of nitrogens with zero attached hydrogens (tertiary/aromatic N) is 5. The van der Waals surface area contributed by atoms with Crippen molar-refractivity contribution >= 4 is 37.9 Å². The molecule has 0 saturated carbocycles. The first-order chi connectivity index (χ1) is 24.6. The summed E-state index contributed by atoms with van der Waals surface area (Å²) in [5.74, 6) is 1.90. The van der Waals surface area contributed by atoms with Gasteiger partial charge in [0.15, 0.2) is 14.1 Å². The van der Waals surface area contributed by atoms with Crippen LogP contribution < -0.4 is 10.1 Å². The van der Waals surface area contributed by atoms with E-state index in [0.717, 1.165) is 11.1 Å². The maximum atomic E-state index is 12.9. The minimum atomic E-state index is -2.28. The average Bonchev–Trinajstić information content (AvgIpc) is 3.39. The maximum Gasteiger partial charge on any atom is 0.410 e. The molecule has 0 spiro atoms. The van der Waals surface area contributed by atoms with Crippen molar-refractivity contribution in [3.63, 3.8) is 0 Å². The molecule has 3 heterocycles. The summed E-state index contributed by atoms with van der Waals surface area (Å²) in [7, 11) is -0.587. The first-order valence-corrected chi connectivity index (χ1v) is 21.0. The van der Waals surface area contributed by atoms with Gasteiger partial charge in [0, 0.05) is 31.3 Å². The summed E-state index contributed by atoms with van der Waals surface area (Å²) < 4.78 is 29.8. The summed E-state index contributed by atoms with van der Waals surface area (Å²) in [6.07, 6.45) is -1.91. The molecule has 4 rings (SSSR count). The van der Waals surface area contributed by atoms with Crippen LogP contribution in [0.4, 0.5) is 15.4 Å². The molecule has 2 aromatic heterocycles. The zero-order valence-corrected chi connectivity index (χ0v) is 34.8. The van der Waals surface area contributed by atoms with Crippen LogP contribution in [0.3, 0.4) is 0 Å². The molecule has 0 aliphatic carbocycles. The first-order valence-electron chi connectivity index (χ1n) is 17.8. The summed E-state index contributed by atoms with van der Waals surface area (Å²) in [6.45, 7) is 23.4. The van der Waals surface area contributed by atoms with Gasteiger partial charge in [-0.3, -0.25) is 4.90 Å². The normalized spacial score (nSPS) is 15.9. The summed E-state index contributed by atoms with van der Waals surface area (Å²) >= 11 is 6.82. The molecule has 16 heteroatoms. The van der Waals surface area contributed by atoms with Crippen LogP contribution in [0, 0.1) is 20.8 Å². The van der Waals surface area contributed by atoms with E-state index in [0.29, 0.717) is 51.7 Å². The predicted octanol–water partition coefficient (Wildman–Crippen LogP) is 7.80. The number of carboxylic acid groups (broad SMARTS) is 1. The average molecular weight is 775 g/mol. The van der Waals surface area contributed by atoms with Gasteiger partial charge in [-0.05, 0) is 77.9 Å². The van der Waals surface area contributed by atoms with Gasteiger partial charge in [0.1, 0.15) is 29.5 Å². The first kappa shape index (κ1) is 41.8. The number of aromatic nitrogens is 3. The number of ether oxygens (including phenoxy) is 3. The van der Waals surface area contributed by atoms with Crippen LogP contribution >= 0.6 is 11.6 Å². The fourth-order valence-electron chi connectivity index (χ4n) is 5.56. The summed E-state index contributed by atoms with van der Waals surface area (Å²) in [6, 6.07) is 4.84. The van der Waals surface area contributed by atoms with E-state index >= 15 is 0 Å². The second-order valence-electron chi connectivity index (χ2n) is 16.0. The molecule has 2 amide bonds. The quantitative estimate of drug-likeness (QED) is 0.172. The van der Waals surface area contributed by atoms with E-state index in [1.807, 2.05) is 41.5 Å². The molecule has 2 unspecified atom stereocenters. The van der Waals surface area contributed by atoms with Gasteiger partial charge in [-0.1, -0.05) is 37.5 Å². The number of hydrogen-bond acceptors (Lipinski definition) is 11. The van der Waals surface area contributed by atoms with Gasteiger partial charge in [0.2, 0.25) is 0 Å². The Bertz CT molecular complexity index is 1750. The third kappa shape index (κ3) is 10.6. The minimum absolute atomic E-state index is 0.0768. The number of carbonyl (C=O) groups is 2. The van der Waals surface area contributed by atoms with E-state index in [1.165, 1.54) is 9.80 Å². The standard InChI is InChI=1S/C37H55ClN6O8Si/c1-22-31(30-23(2)42-51-24(30)3)40-33(41-32(22)39-18-25-20-48-16-15-44(25)34(45)46)28-17-26(13-14-29(28)38)49-21-27(52-53(11,12)37(7,8)9)19-43(10)35(47)50-36(4,5)6/h13-14,17,25,27H,15-16,18-21H2,1-12H3,(H,45,46)(H,39,40,41). The Labute approximate surface area is 318 Å². The van der Waals surface area contributed by atoms with Crippen molar-refractivity contribution < 1.29 is 37.9 Å². The van der Waals surface area contributed by atoms with E-state index in [9.17, 15) is 14.7 Å². The lowest BCUT2D eigenvalue weighted by Crippen LogP contribution is -2.51. The number of anilines is 1. The van der Waals surface area contributed by atoms with Crippen LogP contribution in [0.1, 0.15) is 58.6 Å². The Hall–Kier alpha value is -3.92. The molecular weight excluding hydrogens is 720 g/mol. The number of nitrogens with one attached hydrogen (secondary N) is 1. The van der Waals surface area contributed by atoms with E-state index in [1.54, 1.807) is 25.2 Å². The Morgan fingerprint density at radius 2 is 1.85 bits per heavy atom. The van der Waals surface area contributed by atoms with E-state index in [4.69, 9.17) is 44.7 Å². The Balaban J connectivity index is 1.68. The Morgan fingerprint density at radius 1 is 1.15 bits per heavy atom. The molecule has 1 aliphatic rings. The van der Waals surface area contributed by atoms with Crippen LogP contribution in [0.2, 0.25) is 23.2 Å². The van der Waals surface area contributed by atoms with Crippen molar-refractivity contribution in [3.8, 4) is 28.4 Å². The van der Waals surface area contributed by atoms with Crippen molar-refractivity contribution in [2.24, 2.45) is 0 Å². The van der Waals surface area contributed by atoms with Crippen LogP contribution in [0.15, 0.2) is 22.7 Å². The van der Waals surface area contributed by atoms with E-state index in [-0.39, 0.29) is 37.9 Å². The molecule has 0 radical (unpaired) electrons. The smallest absolute Gasteiger partial charge is 0.410 e. The molecule has 1 aromatic carbocycles. The molecule has 14 nitrogen and oxygen atoms in total. The second kappa shape index (κ2) is 16.6. The topological polar surface area (TPSA) is 162 Å². The Kier molecular flexibility index (Phi) is 13.1. The van der Waals surface area contributed by atoms with Crippen molar-refractivity contribution in [2.75, 3.05) is 51.8 Å². The molecule has 2 N–H and O–H groups in total. The third-order valence-electron chi connectivity index (χ3n) is 9.46. The van der Waals surface area contributed by atoms with Gasteiger partial charge in [0.25, 0.3) is 0 Å². The number of aryl methyl sites for hydroxylation is 2. The number of halogens is 1. The lowest BCUT2D eigenvalue weighted by Gasteiger charge is -2.40. The number of hydrogen-bond donors (Lipinski definition) is 2. The number of likely N-dealkylation sites (N-methyl/N-ethyl adjacent to an activating group) is 1. The second-order valence-corrected chi connectivity index (χ2v) is 21.1. The highest BCUT2D eigenvalue weighted by molar-refractivity contribution is 6.74. The highest BCUT2D eigenvalue weighted by Crippen LogP contribution is 2.38. The highest BCUT2D eigenvalue weighted by atomic mass is 35.5. The van der Waals surface area contributed by atoms with Crippen molar-refractivity contribution in [1.29, 1.82) is 0 Å². The van der Waals surface area contributed by atoms with Crippen molar-refractivity contribution in [2.45, 2.75) is 98.2 Å². The summed E-state index contributed by atoms with van der Waals surface area (Å²) in [5, 5.41) is 17.6. The van der Waals surface area contributed by atoms with Gasteiger partial charge in [0.05, 0.1) is 53.9 Å². The molecule has 292 valence electrons. The summed E-state index contributed by atoms with van der Waals surface area (Å²) in [4.78, 5) is 37.6. The maximum absolute atomic E-state index is 12.9. The van der Waals surface area contributed by atoms with Crippen molar-refractivity contribution in [1.82, 2.24) is 24.9 Å². The number of amides is 2. The molecule has 2 atom stereocenters. The lowest BCUT2D eigenvalue weighted by atomic mass is 10.0. The van der Waals surface area contributed by atoms with Crippen LogP contribution in [0.5, 0.6) is 5.75 Å². The highest BCUT2D eigenvalue weighted by Gasteiger charge is 2.40. The summed E-state index contributed by atoms with van der Waals surface area (Å²) in [5.41, 5.74) is 2.58. The van der Waals surface area contributed by atoms with Gasteiger partial charge < -0.3 is 38.5 Å². The lowest BCUT2D eigenvalue weighted by molar-refractivity contribution is 0.00442. The zero-order valence-electron chi connectivity index (χ0n) is 33.0. The SMILES string of the molecule is Cc1noc(C)c1-c1nc(-c2cc(OCC(CN(C)C(=O)OC(C)(C)C)O[Si](C)(C)C(C)(C)C)ccc2Cl)nc(NCC2COCCN2C(=O)O)c1C. The fraction of sp³-hybridized carbons (Fsp3) is 0.595. The van der Waals surface area contributed by atoms with Crippen molar-refractivity contribution in [3.05, 3.63) is 40.2 Å². The zero-order chi connectivity index (χ0) is 39.5. The van der Waals surface area contributed by atoms with E-state index in [2.05, 4.69) is 44.3 Å². The molecule has 1 fully saturated rings. The predicted molar refractivity (Wildman–Crippen MR) is 206 cm³/mol. The third-order valence-corrected chi connectivity index (χ3v) is 14.3. The molecular formula is C37H55ClN6O8Si. The Morgan fingerprint density at radius 3 is 2.45 bits per heavy atom. The molecule has 0 bridgehead atoms. The number of morpholine rings is 1. The number of benzene rings is 1. The molecule has 1 saturated heterocycles. The minimum Gasteiger partial charge on any atom is -0.491 e. The number of rotatable bonds is 12. The molecule has 1 aliphatic heterocycles. The largest absolute Gasteiger partial charge is 0.491 e. The molecule has 3 aromatic rings. The van der Waals surface area contributed by atoms with Crippen LogP contribution in [-0.4, -0.2) is 115 Å². The molecule has 53 heavy (non-hydrogen) atoms. The number of carbonyl (C=O) groups excluding carboxylic acids is 1. The van der Waals surface area contributed by atoms with Crippen LogP contribution in [0.25, 0.3) is 22.6 Å². The fourth-order valence-corrected chi connectivity index (χ4v) is 7.09. The van der Waals surface area contributed by atoms with E-state index < -0.39 is 38.3 Å². The van der Waals surface area contributed by atoms with Crippen LogP contribution in [-0.2, 0) is 13.9 Å². The van der Waals surface area contributed by atoms with Gasteiger partial charge in [-0.15, -0.1) is 0 Å². The monoisotopic (exact) mass is 774 g/mol. The van der Waals surface area contributed by atoms with Gasteiger partial charge in [-0.25, -0.2) is 19.6 Å².